The zero-order chi connectivity index (χ0) is 8.53. The summed E-state index contributed by atoms with van der Waals surface area (Å²) in [6.07, 6.45) is 0. The normalized spacial score (nSPS) is 13.4. The first-order valence-electron chi connectivity index (χ1n) is 3.88. The van der Waals surface area contributed by atoms with Crippen LogP contribution in [0.5, 0.6) is 0 Å². The molecule has 0 amide bonds. The summed E-state index contributed by atoms with van der Waals surface area (Å²) >= 11 is 1.82. The molecular weight excluding hydrogens is 160 g/mol. The predicted molar refractivity (Wildman–Crippen MR) is 50.8 cm³/mol. The van der Waals surface area contributed by atoms with Gasteiger partial charge in [0, 0.05) is 24.1 Å². The molecule has 0 rings (SSSR count). The number of nitrogens with two attached hydrogens (primary N) is 2. The quantitative estimate of drug-likeness (QED) is 0.540. The lowest BCUT2D eigenvalue weighted by Gasteiger charge is -2.04. The molecule has 0 aromatic heterocycles. The molecule has 0 aromatic carbocycles. The first kappa shape index (κ1) is 11.2. The maximum atomic E-state index is 5.55. The van der Waals surface area contributed by atoms with Gasteiger partial charge in [0.2, 0.25) is 0 Å². The smallest absolute Gasteiger partial charge is 0.0589 e. The molecular formula is C7H18N2OS. The van der Waals surface area contributed by atoms with E-state index in [4.69, 9.17) is 16.2 Å². The summed E-state index contributed by atoms with van der Waals surface area (Å²) in [5.41, 5.74) is 10.8. The minimum Gasteiger partial charge on any atom is -0.379 e. The van der Waals surface area contributed by atoms with Crippen molar-refractivity contribution >= 4 is 11.8 Å². The van der Waals surface area contributed by atoms with Gasteiger partial charge in [-0.3, -0.25) is 0 Å². The second-order valence-corrected chi connectivity index (χ2v) is 3.60. The van der Waals surface area contributed by atoms with Gasteiger partial charge in [0.05, 0.1) is 13.2 Å². The highest BCUT2D eigenvalue weighted by Gasteiger charge is 1.93. The highest BCUT2D eigenvalue weighted by Crippen LogP contribution is 2.00. The van der Waals surface area contributed by atoms with Gasteiger partial charge in [-0.05, 0) is 6.92 Å². The van der Waals surface area contributed by atoms with Gasteiger partial charge in [0.25, 0.3) is 0 Å². The molecule has 3 nitrogen and oxygen atoms in total. The van der Waals surface area contributed by atoms with E-state index in [0.717, 1.165) is 18.1 Å². The van der Waals surface area contributed by atoms with E-state index in [-0.39, 0.29) is 6.04 Å². The van der Waals surface area contributed by atoms with E-state index >= 15 is 0 Å². The van der Waals surface area contributed by atoms with E-state index < -0.39 is 0 Å². The zero-order valence-corrected chi connectivity index (χ0v) is 7.90. The minimum absolute atomic E-state index is 0.287. The minimum atomic E-state index is 0.287. The lowest BCUT2D eigenvalue weighted by atomic mass is 10.4. The van der Waals surface area contributed by atoms with Gasteiger partial charge in [-0.15, -0.1) is 0 Å². The summed E-state index contributed by atoms with van der Waals surface area (Å²) in [4.78, 5) is 0. The van der Waals surface area contributed by atoms with Crippen LogP contribution in [0.15, 0.2) is 0 Å². The molecule has 1 unspecified atom stereocenters. The second-order valence-electron chi connectivity index (χ2n) is 2.45. The summed E-state index contributed by atoms with van der Waals surface area (Å²) in [7, 11) is 0. The third-order valence-electron chi connectivity index (χ3n) is 1.01. The van der Waals surface area contributed by atoms with Crippen molar-refractivity contribution < 1.29 is 4.74 Å². The van der Waals surface area contributed by atoms with E-state index in [9.17, 15) is 0 Å². The first-order chi connectivity index (χ1) is 5.27. The molecule has 0 aromatic rings. The Morgan fingerprint density at radius 2 is 2.18 bits per heavy atom. The summed E-state index contributed by atoms with van der Waals surface area (Å²) in [5.74, 6) is 2.02. The Labute approximate surface area is 72.8 Å². The first-order valence-corrected chi connectivity index (χ1v) is 5.04. The van der Waals surface area contributed by atoms with Crippen LogP contribution in [-0.4, -0.2) is 37.3 Å². The molecule has 0 saturated carbocycles. The molecule has 11 heavy (non-hydrogen) atoms. The van der Waals surface area contributed by atoms with Crippen molar-refractivity contribution in [1.82, 2.24) is 0 Å². The second kappa shape index (κ2) is 8.33. The van der Waals surface area contributed by atoms with Crippen LogP contribution in [0.25, 0.3) is 0 Å². The topological polar surface area (TPSA) is 61.3 Å². The van der Waals surface area contributed by atoms with E-state index in [1.165, 1.54) is 0 Å². The van der Waals surface area contributed by atoms with Crippen molar-refractivity contribution in [1.29, 1.82) is 0 Å². The Morgan fingerprint density at radius 1 is 1.45 bits per heavy atom. The Morgan fingerprint density at radius 3 is 2.73 bits per heavy atom. The fourth-order valence-electron chi connectivity index (χ4n) is 0.572. The molecule has 0 aliphatic carbocycles. The molecule has 0 saturated heterocycles. The number of thioether (sulfide) groups is 1. The summed E-state index contributed by atoms with van der Waals surface area (Å²) in [6, 6.07) is 0.287. The molecule has 4 heteroatoms. The number of hydrogen-bond acceptors (Lipinski definition) is 4. The molecule has 1 atom stereocenters. The average molecular weight is 178 g/mol. The van der Waals surface area contributed by atoms with Crippen LogP contribution >= 0.6 is 11.8 Å². The highest BCUT2D eigenvalue weighted by atomic mass is 32.2. The molecule has 0 aliphatic rings. The van der Waals surface area contributed by atoms with Crippen molar-refractivity contribution in [3.05, 3.63) is 0 Å². The third-order valence-corrected chi connectivity index (χ3v) is 2.23. The van der Waals surface area contributed by atoms with Crippen molar-refractivity contribution in [2.45, 2.75) is 13.0 Å². The standard InChI is InChI=1S/C7H18N2OS/c1-7(9)6-11-5-4-10-3-2-8/h7H,2-6,8-9H2,1H3. The predicted octanol–water partition coefficient (Wildman–Crippen LogP) is 0.0421. The van der Waals surface area contributed by atoms with Crippen molar-refractivity contribution in [3.8, 4) is 0 Å². The molecule has 0 radical (unpaired) electrons. The van der Waals surface area contributed by atoms with Crippen LogP contribution in [0.3, 0.4) is 0 Å². The fourth-order valence-corrected chi connectivity index (χ4v) is 1.35. The maximum absolute atomic E-state index is 5.55. The molecule has 0 fully saturated rings. The number of hydrogen-bond donors (Lipinski definition) is 2. The fraction of sp³-hybridized carbons (Fsp3) is 1.00. The molecule has 0 bridgehead atoms. The van der Waals surface area contributed by atoms with Crippen LogP contribution in [0.2, 0.25) is 0 Å². The van der Waals surface area contributed by atoms with Gasteiger partial charge < -0.3 is 16.2 Å². The van der Waals surface area contributed by atoms with Gasteiger partial charge in [0.15, 0.2) is 0 Å². The maximum Gasteiger partial charge on any atom is 0.0589 e. The van der Waals surface area contributed by atoms with Crippen LogP contribution in [0, 0.1) is 0 Å². The van der Waals surface area contributed by atoms with Crippen LogP contribution in [0.1, 0.15) is 6.92 Å². The molecule has 0 aliphatic heterocycles. The zero-order valence-electron chi connectivity index (χ0n) is 7.08. The summed E-state index contributed by atoms with van der Waals surface area (Å²) in [5, 5.41) is 0. The molecule has 0 heterocycles. The number of rotatable bonds is 7. The Hall–Kier alpha value is 0.230. The third kappa shape index (κ3) is 10.2. The largest absolute Gasteiger partial charge is 0.379 e. The van der Waals surface area contributed by atoms with Crippen LogP contribution < -0.4 is 11.5 Å². The van der Waals surface area contributed by atoms with E-state index in [1.54, 1.807) is 0 Å². The molecule has 0 spiro atoms. The van der Waals surface area contributed by atoms with Gasteiger partial charge >= 0.3 is 0 Å². The van der Waals surface area contributed by atoms with Crippen molar-refractivity contribution in [2.24, 2.45) is 11.5 Å². The molecule has 4 N–H and O–H groups in total. The SMILES string of the molecule is CC(N)CSCCOCCN. The monoisotopic (exact) mass is 178 g/mol. The Kier molecular flexibility index (Phi) is 8.50. The average Bonchev–Trinajstić information content (AvgIpc) is 1.96. The lowest BCUT2D eigenvalue weighted by molar-refractivity contribution is 0.158. The summed E-state index contributed by atoms with van der Waals surface area (Å²) < 4.78 is 5.18. The lowest BCUT2D eigenvalue weighted by Crippen LogP contribution is -2.18. The van der Waals surface area contributed by atoms with E-state index in [1.807, 2.05) is 18.7 Å². The van der Waals surface area contributed by atoms with Crippen molar-refractivity contribution in [2.75, 3.05) is 31.3 Å². The highest BCUT2D eigenvalue weighted by molar-refractivity contribution is 7.99. The number of ether oxygens (including phenoxy) is 1. The van der Waals surface area contributed by atoms with E-state index in [0.29, 0.717) is 13.2 Å². The Balaban J connectivity index is 2.80. The molecule has 68 valence electrons. The van der Waals surface area contributed by atoms with Crippen molar-refractivity contribution in [3.63, 3.8) is 0 Å². The van der Waals surface area contributed by atoms with Gasteiger partial charge in [-0.1, -0.05) is 0 Å². The van der Waals surface area contributed by atoms with Gasteiger partial charge in [0.1, 0.15) is 0 Å². The van der Waals surface area contributed by atoms with Gasteiger partial charge in [-0.25, -0.2) is 0 Å². The van der Waals surface area contributed by atoms with Crippen LogP contribution in [-0.2, 0) is 4.74 Å². The van der Waals surface area contributed by atoms with E-state index in [2.05, 4.69) is 0 Å². The summed E-state index contributed by atoms with van der Waals surface area (Å²) in [6.45, 7) is 4.07. The Bertz CT molecular complexity index is 80.8. The van der Waals surface area contributed by atoms with Gasteiger partial charge in [-0.2, -0.15) is 11.8 Å². The van der Waals surface area contributed by atoms with Crippen LogP contribution in [0.4, 0.5) is 0 Å².